The second kappa shape index (κ2) is 8.94. The Morgan fingerprint density at radius 3 is 2.61 bits per heavy atom. The number of aryl methyl sites for hydroxylation is 1. The highest BCUT2D eigenvalue weighted by Gasteiger charge is 2.30. The van der Waals surface area contributed by atoms with Gasteiger partial charge in [-0.1, -0.05) is 6.92 Å². The van der Waals surface area contributed by atoms with Crippen LogP contribution in [-0.2, 0) is 13.0 Å². The molecular weight excluding hydrogens is 416 g/mol. The summed E-state index contributed by atoms with van der Waals surface area (Å²) in [7, 11) is 1.65. The lowest BCUT2D eigenvalue weighted by Crippen LogP contribution is -2.46. The fourth-order valence-corrected chi connectivity index (χ4v) is 4.60. The van der Waals surface area contributed by atoms with Gasteiger partial charge in [0.15, 0.2) is 0 Å². The summed E-state index contributed by atoms with van der Waals surface area (Å²) in [6, 6.07) is 6.09. The third-order valence-corrected chi connectivity index (χ3v) is 6.71. The van der Waals surface area contributed by atoms with Crippen molar-refractivity contribution < 1.29 is 4.79 Å². The molecular formula is C25H30N6O2. The molecule has 2 aliphatic rings. The quantitative estimate of drug-likeness (QED) is 0.604. The Kier molecular flexibility index (Phi) is 5.85. The summed E-state index contributed by atoms with van der Waals surface area (Å²) in [4.78, 5) is 41.2. The zero-order chi connectivity index (χ0) is 22.9. The molecule has 1 saturated heterocycles. The predicted octanol–water partition coefficient (Wildman–Crippen LogP) is 2.44. The number of carbonyl (C=O) groups is 1. The van der Waals surface area contributed by atoms with Crippen LogP contribution >= 0.6 is 0 Å². The number of hydrogen-bond acceptors (Lipinski definition) is 6. The van der Waals surface area contributed by atoms with Gasteiger partial charge in [0.1, 0.15) is 5.69 Å². The first-order chi connectivity index (χ1) is 16.1. The first-order valence-electron chi connectivity index (χ1n) is 11.8. The zero-order valence-electron chi connectivity index (χ0n) is 19.2. The Balaban J connectivity index is 1.25. The number of H-pyrrole nitrogens is 1. The van der Waals surface area contributed by atoms with E-state index in [1.165, 1.54) is 0 Å². The molecule has 0 aromatic carbocycles. The summed E-state index contributed by atoms with van der Waals surface area (Å²) >= 11 is 0. The fourth-order valence-electron chi connectivity index (χ4n) is 4.60. The van der Waals surface area contributed by atoms with Gasteiger partial charge in [0.2, 0.25) is 0 Å². The molecule has 1 amide bonds. The molecule has 4 heterocycles. The van der Waals surface area contributed by atoms with Crippen LogP contribution in [0.25, 0.3) is 11.0 Å². The first-order valence-corrected chi connectivity index (χ1v) is 11.8. The molecule has 3 aromatic heterocycles. The number of hydrogen-bond donors (Lipinski definition) is 2. The first kappa shape index (κ1) is 21.6. The molecule has 2 fully saturated rings. The van der Waals surface area contributed by atoms with E-state index in [9.17, 15) is 9.59 Å². The molecule has 33 heavy (non-hydrogen) atoms. The van der Waals surface area contributed by atoms with E-state index < -0.39 is 0 Å². The lowest BCUT2D eigenvalue weighted by molar-refractivity contribution is 0.0957. The van der Waals surface area contributed by atoms with Crippen LogP contribution in [0.4, 0.5) is 5.69 Å². The number of nitrogens with one attached hydrogen (secondary N) is 2. The van der Waals surface area contributed by atoms with Crippen molar-refractivity contribution in [3.05, 3.63) is 63.3 Å². The summed E-state index contributed by atoms with van der Waals surface area (Å²) in [5, 5.41) is 2.71. The summed E-state index contributed by atoms with van der Waals surface area (Å²) in [6.45, 7) is 6.45. The maximum Gasteiger partial charge on any atom is 0.269 e. The zero-order valence-corrected chi connectivity index (χ0v) is 19.2. The van der Waals surface area contributed by atoms with Crippen molar-refractivity contribution in [3.8, 4) is 0 Å². The van der Waals surface area contributed by atoms with Gasteiger partial charge in [-0.3, -0.25) is 19.5 Å². The highest BCUT2D eigenvalue weighted by molar-refractivity contribution is 5.94. The highest BCUT2D eigenvalue weighted by Crippen LogP contribution is 2.42. The number of carbonyl (C=O) groups excluding carboxylic acids is 1. The molecule has 1 aliphatic carbocycles. The minimum Gasteiger partial charge on any atom is -0.368 e. The number of nitrogens with zero attached hydrogens (tertiary/aromatic N) is 4. The molecule has 5 rings (SSSR count). The van der Waals surface area contributed by atoms with Crippen LogP contribution in [0, 0.1) is 0 Å². The van der Waals surface area contributed by atoms with Gasteiger partial charge in [0.05, 0.1) is 22.9 Å². The van der Waals surface area contributed by atoms with Gasteiger partial charge in [-0.15, -0.1) is 0 Å². The molecule has 0 radical (unpaired) electrons. The van der Waals surface area contributed by atoms with E-state index in [0.29, 0.717) is 18.0 Å². The van der Waals surface area contributed by atoms with Crippen LogP contribution in [0.15, 0.2) is 35.4 Å². The summed E-state index contributed by atoms with van der Waals surface area (Å²) in [6.07, 6.45) is 6.71. The molecule has 0 unspecified atom stereocenters. The summed E-state index contributed by atoms with van der Waals surface area (Å²) in [5.74, 6) is 0.357. The van der Waals surface area contributed by atoms with Gasteiger partial charge < -0.3 is 15.2 Å². The molecule has 8 heteroatoms. The SMILES string of the molecule is CCc1cc2ncc(CN3CCN(c4cnc(C(=O)NC)c(C5CC5)c4)CC3)cc2[nH]c1=O. The van der Waals surface area contributed by atoms with Gasteiger partial charge >= 0.3 is 0 Å². The molecule has 0 atom stereocenters. The van der Waals surface area contributed by atoms with Gasteiger partial charge in [0, 0.05) is 51.5 Å². The smallest absolute Gasteiger partial charge is 0.269 e. The van der Waals surface area contributed by atoms with Crippen LogP contribution < -0.4 is 15.8 Å². The van der Waals surface area contributed by atoms with Crippen LogP contribution in [0.3, 0.4) is 0 Å². The van der Waals surface area contributed by atoms with Gasteiger partial charge in [0.25, 0.3) is 11.5 Å². The molecule has 172 valence electrons. The third kappa shape index (κ3) is 4.48. The van der Waals surface area contributed by atoms with E-state index in [-0.39, 0.29) is 11.5 Å². The van der Waals surface area contributed by atoms with E-state index in [4.69, 9.17) is 0 Å². The molecule has 8 nitrogen and oxygen atoms in total. The van der Waals surface area contributed by atoms with Crippen molar-refractivity contribution in [1.29, 1.82) is 0 Å². The van der Waals surface area contributed by atoms with Crippen LogP contribution in [0.5, 0.6) is 0 Å². The van der Waals surface area contributed by atoms with Gasteiger partial charge in [-0.2, -0.15) is 0 Å². The number of amides is 1. The average Bonchev–Trinajstić information content (AvgIpc) is 3.69. The number of fused-ring (bicyclic) bond motifs is 1. The van der Waals surface area contributed by atoms with E-state index in [1.54, 1.807) is 7.05 Å². The fraction of sp³-hybridized carbons (Fsp3) is 0.440. The predicted molar refractivity (Wildman–Crippen MR) is 129 cm³/mol. The Bertz CT molecular complexity index is 1240. The second-order valence-electron chi connectivity index (χ2n) is 9.00. The van der Waals surface area contributed by atoms with E-state index in [1.807, 2.05) is 31.5 Å². The lowest BCUT2D eigenvalue weighted by Gasteiger charge is -2.36. The number of aromatic amines is 1. The third-order valence-electron chi connectivity index (χ3n) is 6.71. The maximum atomic E-state index is 12.2. The minimum absolute atomic E-state index is 0.0285. The molecule has 1 saturated carbocycles. The normalized spacial score (nSPS) is 16.8. The Morgan fingerprint density at radius 2 is 1.91 bits per heavy atom. The number of piperazine rings is 1. The Morgan fingerprint density at radius 1 is 1.12 bits per heavy atom. The largest absolute Gasteiger partial charge is 0.368 e. The van der Waals surface area contributed by atoms with Crippen LogP contribution in [0.2, 0.25) is 0 Å². The van der Waals surface area contributed by atoms with E-state index in [0.717, 1.165) is 79.0 Å². The molecule has 0 bridgehead atoms. The summed E-state index contributed by atoms with van der Waals surface area (Å²) < 4.78 is 0. The topological polar surface area (TPSA) is 94.2 Å². The summed E-state index contributed by atoms with van der Waals surface area (Å²) in [5.41, 5.74) is 6.21. The van der Waals surface area contributed by atoms with Crippen molar-refractivity contribution in [2.24, 2.45) is 0 Å². The molecule has 0 spiro atoms. The number of aromatic nitrogens is 3. The monoisotopic (exact) mass is 446 g/mol. The maximum absolute atomic E-state index is 12.2. The van der Waals surface area contributed by atoms with Crippen molar-refractivity contribution in [2.75, 3.05) is 38.1 Å². The average molecular weight is 447 g/mol. The molecule has 2 N–H and O–H groups in total. The van der Waals surface area contributed by atoms with Crippen molar-refractivity contribution >= 4 is 22.6 Å². The number of rotatable bonds is 6. The lowest BCUT2D eigenvalue weighted by atomic mass is 10.1. The van der Waals surface area contributed by atoms with Crippen molar-refractivity contribution in [2.45, 2.75) is 38.6 Å². The van der Waals surface area contributed by atoms with Crippen molar-refractivity contribution in [1.82, 2.24) is 25.2 Å². The number of anilines is 1. The molecule has 3 aromatic rings. The van der Waals surface area contributed by atoms with E-state index in [2.05, 4.69) is 36.1 Å². The molecule has 1 aliphatic heterocycles. The number of pyridine rings is 3. The standard InChI is InChI=1S/C25H30N6O2/c1-3-17-11-21-22(29-24(17)32)10-16(13-27-21)15-30-6-8-31(9-7-30)19-12-20(18-4-5-18)23(28-14-19)25(33)26-2/h10-14,18H,3-9,15H2,1-2H3,(H,26,33)(H,29,32). The second-order valence-corrected chi connectivity index (χ2v) is 9.00. The Hall–Kier alpha value is -3.26. The van der Waals surface area contributed by atoms with Crippen molar-refractivity contribution in [3.63, 3.8) is 0 Å². The highest BCUT2D eigenvalue weighted by atomic mass is 16.1. The van der Waals surface area contributed by atoms with Crippen LogP contribution in [-0.4, -0.2) is 59.0 Å². The van der Waals surface area contributed by atoms with Crippen LogP contribution in [0.1, 0.15) is 52.9 Å². The Labute approximate surface area is 193 Å². The van der Waals surface area contributed by atoms with Gasteiger partial charge in [-0.05, 0) is 54.5 Å². The minimum atomic E-state index is -0.107. The van der Waals surface area contributed by atoms with Gasteiger partial charge in [-0.25, -0.2) is 4.98 Å². The van der Waals surface area contributed by atoms with E-state index >= 15 is 0 Å².